The average Bonchev–Trinajstić information content (AvgIpc) is 3.00. The molecule has 1 aromatic carbocycles. The molecule has 1 aliphatic rings. The number of aromatic amines is 1. The molecule has 1 aliphatic heterocycles. The molecule has 4 nitrogen and oxygen atoms in total. The number of aromatic nitrogens is 3. The Hall–Kier alpha value is -2.20. The summed E-state index contributed by atoms with van der Waals surface area (Å²) in [7, 11) is 0. The molecule has 1 N–H and O–H groups in total. The minimum absolute atomic E-state index is 0.557. The van der Waals surface area contributed by atoms with Crippen LogP contribution in [0.1, 0.15) is 30.1 Å². The first kappa shape index (κ1) is 13.5. The number of fused-ring (bicyclic) bond motifs is 1. The van der Waals surface area contributed by atoms with Gasteiger partial charge in [0.25, 0.3) is 0 Å². The van der Waals surface area contributed by atoms with Crippen LogP contribution in [0.5, 0.6) is 0 Å². The van der Waals surface area contributed by atoms with Gasteiger partial charge in [-0.15, -0.1) is 0 Å². The van der Waals surface area contributed by atoms with Crippen molar-refractivity contribution in [3.05, 3.63) is 60.2 Å². The number of hydrogen-bond acceptors (Lipinski definition) is 3. The van der Waals surface area contributed by atoms with Gasteiger partial charge in [0.2, 0.25) is 0 Å². The maximum absolute atomic E-state index is 4.76. The zero-order valence-electron chi connectivity index (χ0n) is 12.6. The van der Waals surface area contributed by atoms with Gasteiger partial charge in [-0.1, -0.05) is 12.1 Å². The molecule has 0 saturated carbocycles. The number of pyridine rings is 1. The van der Waals surface area contributed by atoms with E-state index in [4.69, 9.17) is 4.98 Å². The standard InChI is InChI=1S/C18H20N4/c1-2-4-17-16(3-1)20-18(21-17)15-7-11-22(12-8-15)13-14-5-9-19-10-6-14/h1-6,9-10,15H,7-8,11-13H2,(H,20,21). The first-order chi connectivity index (χ1) is 10.9. The number of hydrogen-bond donors (Lipinski definition) is 1. The number of benzene rings is 1. The van der Waals surface area contributed by atoms with E-state index in [0.29, 0.717) is 5.92 Å². The summed E-state index contributed by atoms with van der Waals surface area (Å²) >= 11 is 0. The molecule has 4 rings (SSSR count). The lowest BCUT2D eigenvalue weighted by Crippen LogP contribution is -2.32. The molecule has 0 amide bonds. The molecule has 0 aliphatic carbocycles. The number of likely N-dealkylation sites (tertiary alicyclic amines) is 1. The van der Waals surface area contributed by atoms with Crippen molar-refractivity contribution < 1.29 is 0 Å². The lowest BCUT2D eigenvalue weighted by atomic mass is 9.96. The fraction of sp³-hybridized carbons (Fsp3) is 0.333. The molecule has 22 heavy (non-hydrogen) atoms. The molecule has 3 aromatic rings. The molecule has 3 heterocycles. The van der Waals surface area contributed by atoms with E-state index >= 15 is 0 Å². The number of imidazole rings is 1. The van der Waals surface area contributed by atoms with Crippen molar-refractivity contribution >= 4 is 11.0 Å². The van der Waals surface area contributed by atoms with E-state index in [1.54, 1.807) is 0 Å². The van der Waals surface area contributed by atoms with Crippen LogP contribution < -0.4 is 0 Å². The maximum Gasteiger partial charge on any atom is 0.110 e. The summed E-state index contributed by atoms with van der Waals surface area (Å²) in [5.41, 5.74) is 3.57. The normalized spacial score (nSPS) is 17.1. The van der Waals surface area contributed by atoms with Crippen LogP contribution in [-0.4, -0.2) is 32.9 Å². The topological polar surface area (TPSA) is 44.8 Å². The molecule has 0 unspecified atom stereocenters. The number of nitrogens with one attached hydrogen (secondary N) is 1. The third-order valence-corrected chi connectivity index (χ3v) is 4.54. The van der Waals surface area contributed by atoms with Crippen LogP contribution >= 0.6 is 0 Å². The van der Waals surface area contributed by atoms with E-state index in [2.05, 4.69) is 45.2 Å². The molecular weight excluding hydrogens is 272 g/mol. The SMILES string of the molecule is c1ccc2[nH]c(C3CCN(Cc4ccncc4)CC3)nc2c1. The Kier molecular flexibility index (Phi) is 3.60. The molecule has 2 aromatic heterocycles. The minimum Gasteiger partial charge on any atom is -0.342 e. The molecule has 0 atom stereocenters. The van der Waals surface area contributed by atoms with Crippen LogP contribution in [0.15, 0.2) is 48.8 Å². The Bertz CT molecular complexity index is 709. The summed E-state index contributed by atoms with van der Waals surface area (Å²) < 4.78 is 0. The minimum atomic E-state index is 0.557. The lowest BCUT2D eigenvalue weighted by Gasteiger charge is -2.31. The summed E-state index contributed by atoms with van der Waals surface area (Å²) in [6.07, 6.45) is 6.09. The van der Waals surface area contributed by atoms with Crippen molar-refractivity contribution in [2.75, 3.05) is 13.1 Å². The van der Waals surface area contributed by atoms with E-state index < -0.39 is 0 Å². The molecule has 0 radical (unpaired) electrons. The van der Waals surface area contributed by atoms with E-state index in [1.807, 2.05) is 18.5 Å². The lowest BCUT2D eigenvalue weighted by molar-refractivity contribution is 0.202. The first-order valence-electron chi connectivity index (χ1n) is 7.94. The molecule has 4 heteroatoms. The van der Waals surface area contributed by atoms with Crippen LogP contribution in [0.4, 0.5) is 0 Å². The Labute approximate surface area is 130 Å². The zero-order valence-corrected chi connectivity index (χ0v) is 12.6. The molecule has 1 saturated heterocycles. The van der Waals surface area contributed by atoms with E-state index in [1.165, 1.54) is 18.4 Å². The Balaban J connectivity index is 1.41. The monoisotopic (exact) mass is 292 g/mol. The van der Waals surface area contributed by atoms with Crippen LogP contribution in [0.2, 0.25) is 0 Å². The summed E-state index contributed by atoms with van der Waals surface area (Å²) in [6, 6.07) is 12.5. The number of piperidine rings is 1. The second-order valence-corrected chi connectivity index (χ2v) is 6.05. The van der Waals surface area contributed by atoms with E-state index in [0.717, 1.165) is 36.5 Å². The fourth-order valence-corrected chi connectivity index (χ4v) is 3.28. The van der Waals surface area contributed by atoms with Gasteiger partial charge in [-0.05, 0) is 55.8 Å². The Morgan fingerprint density at radius 1 is 1.05 bits per heavy atom. The summed E-state index contributed by atoms with van der Waals surface area (Å²) in [6.45, 7) is 3.28. The third kappa shape index (κ3) is 2.74. The van der Waals surface area contributed by atoms with Crippen molar-refractivity contribution in [3.63, 3.8) is 0 Å². The quantitative estimate of drug-likeness (QED) is 0.805. The van der Waals surface area contributed by atoms with Crippen molar-refractivity contribution in [2.45, 2.75) is 25.3 Å². The van der Waals surface area contributed by atoms with Crippen LogP contribution in [-0.2, 0) is 6.54 Å². The number of rotatable bonds is 3. The largest absolute Gasteiger partial charge is 0.342 e. The number of para-hydroxylation sites is 2. The van der Waals surface area contributed by atoms with E-state index in [9.17, 15) is 0 Å². The van der Waals surface area contributed by atoms with Crippen LogP contribution in [0.3, 0.4) is 0 Å². The molecule has 0 bridgehead atoms. The van der Waals surface area contributed by atoms with Crippen LogP contribution in [0, 0.1) is 0 Å². The molecule has 112 valence electrons. The third-order valence-electron chi connectivity index (χ3n) is 4.54. The first-order valence-corrected chi connectivity index (χ1v) is 7.94. The number of nitrogens with zero attached hydrogens (tertiary/aromatic N) is 3. The Morgan fingerprint density at radius 3 is 2.59 bits per heavy atom. The van der Waals surface area contributed by atoms with Gasteiger partial charge in [-0.3, -0.25) is 9.88 Å². The van der Waals surface area contributed by atoms with Gasteiger partial charge >= 0.3 is 0 Å². The van der Waals surface area contributed by atoms with Crippen LogP contribution in [0.25, 0.3) is 11.0 Å². The van der Waals surface area contributed by atoms with Gasteiger partial charge in [-0.2, -0.15) is 0 Å². The average molecular weight is 292 g/mol. The van der Waals surface area contributed by atoms with Crippen molar-refractivity contribution in [1.82, 2.24) is 19.9 Å². The summed E-state index contributed by atoms with van der Waals surface area (Å²) in [4.78, 5) is 14.9. The highest BCUT2D eigenvalue weighted by Gasteiger charge is 2.23. The number of H-pyrrole nitrogens is 1. The predicted molar refractivity (Wildman–Crippen MR) is 87.6 cm³/mol. The zero-order chi connectivity index (χ0) is 14.8. The smallest absolute Gasteiger partial charge is 0.110 e. The molecular formula is C18H20N4. The molecule has 0 spiro atoms. The van der Waals surface area contributed by atoms with Gasteiger partial charge < -0.3 is 4.98 Å². The van der Waals surface area contributed by atoms with Crippen molar-refractivity contribution in [2.24, 2.45) is 0 Å². The summed E-state index contributed by atoms with van der Waals surface area (Å²) in [5, 5.41) is 0. The van der Waals surface area contributed by atoms with Gasteiger partial charge in [0.15, 0.2) is 0 Å². The Morgan fingerprint density at radius 2 is 1.82 bits per heavy atom. The second-order valence-electron chi connectivity index (χ2n) is 6.05. The van der Waals surface area contributed by atoms with Gasteiger partial charge in [0, 0.05) is 24.9 Å². The highest BCUT2D eigenvalue weighted by atomic mass is 15.1. The highest BCUT2D eigenvalue weighted by Crippen LogP contribution is 2.28. The van der Waals surface area contributed by atoms with E-state index in [-0.39, 0.29) is 0 Å². The summed E-state index contributed by atoms with van der Waals surface area (Å²) in [5.74, 6) is 1.71. The predicted octanol–water partition coefficient (Wildman–Crippen LogP) is 3.34. The van der Waals surface area contributed by atoms with Gasteiger partial charge in [0.05, 0.1) is 11.0 Å². The van der Waals surface area contributed by atoms with Crippen molar-refractivity contribution in [3.8, 4) is 0 Å². The molecule has 1 fully saturated rings. The highest BCUT2D eigenvalue weighted by molar-refractivity contribution is 5.74. The maximum atomic E-state index is 4.76. The van der Waals surface area contributed by atoms with Gasteiger partial charge in [0.1, 0.15) is 5.82 Å². The van der Waals surface area contributed by atoms with Crippen molar-refractivity contribution in [1.29, 1.82) is 0 Å². The second kappa shape index (κ2) is 5.89. The fourth-order valence-electron chi connectivity index (χ4n) is 3.28. The van der Waals surface area contributed by atoms with Gasteiger partial charge in [-0.25, -0.2) is 4.98 Å².